The van der Waals surface area contributed by atoms with Gasteiger partial charge in [-0.25, -0.2) is 0 Å². The van der Waals surface area contributed by atoms with Gasteiger partial charge in [-0.2, -0.15) is 8.42 Å². The fourth-order valence-corrected chi connectivity index (χ4v) is 4.10. The summed E-state index contributed by atoms with van der Waals surface area (Å²) in [5.74, 6) is -1.32. The Morgan fingerprint density at radius 3 is 1.87 bits per heavy atom. The molecule has 1 aliphatic carbocycles. The molecular formula is C19H29B3O7S. The lowest BCUT2D eigenvalue weighted by atomic mass is 9.82. The summed E-state index contributed by atoms with van der Waals surface area (Å²) in [5.41, 5.74) is 3.31. The molecule has 0 amide bonds. The van der Waals surface area contributed by atoms with E-state index >= 15 is 0 Å². The average Bonchev–Trinajstić information content (AvgIpc) is 2.72. The first-order valence-electron chi connectivity index (χ1n) is 10.7. The molecule has 0 radical (unpaired) electrons. The molecule has 0 heterocycles. The molecule has 1 aliphatic rings. The van der Waals surface area contributed by atoms with E-state index in [4.69, 9.17) is 14.0 Å². The van der Waals surface area contributed by atoms with Crippen molar-refractivity contribution in [2.75, 3.05) is 12.4 Å². The SMILES string of the molecule is BCc1cc(CB)c(OC(=O)C2CCC(C(=O)OCCS(=O)(=O)O)CC2)c(CB)c1. The molecule has 1 aromatic carbocycles. The van der Waals surface area contributed by atoms with E-state index in [-0.39, 0.29) is 24.4 Å². The summed E-state index contributed by atoms with van der Waals surface area (Å²) in [7, 11) is 2.04. The van der Waals surface area contributed by atoms with Gasteiger partial charge in [0.2, 0.25) is 0 Å². The molecule has 0 unspecified atom stereocenters. The summed E-state index contributed by atoms with van der Waals surface area (Å²) < 4.78 is 40.9. The van der Waals surface area contributed by atoms with E-state index in [1.54, 1.807) is 0 Å². The van der Waals surface area contributed by atoms with Crippen LogP contribution in [0, 0.1) is 11.8 Å². The van der Waals surface area contributed by atoms with Gasteiger partial charge in [0, 0.05) is 0 Å². The van der Waals surface area contributed by atoms with E-state index in [2.05, 4.69) is 20.0 Å². The van der Waals surface area contributed by atoms with Gasteiger partial charge in [-0.15, -0.1) is 0 Å². The number of hydrogen-bond donors (Lipinski definition) is 1. The van der Waals surface area contributed by atoms with Crippen LogP contribution in [0.2, 0.25) is 0 Å². The van der Waals surface area contributed by atoms with Crippen molar-refractivity contribution in [3.05, 3.63) is 28.8 Å². The summed E-state index contributed by atoms with van der Waals surface area (Å²) in [6, 6.07) is 4.20. The summed E-state index contributed by atoms with van der Waals surface area (Å²) in [5, 5.41) is 0. The van der Waals surface area contributed by atoms with E-state index in [9.17, 15) is 18.0 Å². The fourth-order valence-electron chi connectivity index (χ4n) is 3.80. The minimum Gasteiger partial charge on any atom is -0.464 e. The van der Waals surface area contributed by atoms with Gasteiger partial charge in [0.05, 0.1) is 11.8 Å². The van der Waals surface area contributed by atoms with Crippen LogP contribution in [0.15, 0.2) is 12.1 Å². The third-order valence-corrected chi connectivity index (χ3v) is 6.34. The van der Waals surface area contributed by atoms with Gasteiger partial charge in [-0.05, 0) is 36.8 Å². The van der Waals surface area contributed by atoms with Crippen LogP contribution in [0.1, 0.15) is 42.4 Å². The lowest BCUT2D eigenvalue weighted by Gasteiger charge is -2.26. The second kappa shape index (κ2) is 11.0. The van der Waals surface area contributed by atoms with Crippen LogP contribution in [-0.2, 0) is 43.4 Å². The number of esters is 2. The minimum absolute atomic E-state index is 0.262. The van der Waals surface area contributed by atoms with Crippen LogP contribution >= 0.6 is 0 Å². The smallest absolute Gasteiger partial charge is 0.314 e. The summed E-state index contributed by atoms with van der Waals surface area (Å²) in [6.45, 7) is -0.368. The van der Waals surface area contributed by atoms with Gasteiger partial charge in [-0.3, -0.25) is 14.1 Å². The number of carbonyl (C=O) groups is 2. The van der Waals surface area contributed by atoms with Crippen molar-refractivity contribution >= 4 is 45.6 Å². The number of hydrogen-bond acceptors (Lipinski definition) is 6. The highest BCUT2D eigenvalue weighted by Crippen LogP contribution is 2.33. The number of benzene rings is 1. The Morgan fingerprint density at radius 1 is 0.933 bits per heavy atom. The molecule has 1 N–H and O–H groups in total. The number of carbonyl (C=O) groups excluding carboxylic acids is 2. The van der Waals surface area contributed by atoms with Gasteiger partial charge < -0.3 is 9.47 Å². The molecule has 0 atom stereocenters. The van der Waals surface area contributed by atoms with E-state index in [0.29, 0.717) is 31.4 Å². The van der Waals surface area contributed by atoms with Crippen molar-refractivity contribution in [1.82, 2.24) is 0 Å². The average molecular weight is 434 g/mol. The third kappa shape index (κ3) is 6.91. The number of rotatable bonds is 9. The molecule has 0 aromatic heterocycles. The van der Waals surface area contributed by atoms with E-state index in [0.717, 1.165) is 30.1 Å². The summed E-state index contributed by atoms with van der Waals surface area (Å²) >= 11 is 0. The normalized spacial score (nSPS) is 19.2. The van der Waals surface area contributed by atoms with Gasteiger partial charge >= 0.3 is 11.9 Å². The molecule has 30 heavy (non-hydrogen) atoms. The van der Waals surface area contributed by atoms with Crippen molar-refractivity contribution < 1.29 is 32.0 Å². The Hall–Kier alpha value is -1.74. The second-order valence-electron chi connectivity index (χ2n) is 7.73. The predicted octanol–water partition coefficient (Wildman–Crippen LogP) is -0.771. The molecule has 0 spiro atoms. The number of ether oxygens (including phenoxy) is 2. The molecule has 162 valence electrons. The second-order valence-corrected chi connectivity index (χ2v) is 9.30. The van der Waals surface area contributed by atoms with Crippen molar-refractivity contribution in [3.63, 3.8) is 0 Å². The first-order valence-corrected chi connectivity index (χ1v) is 12.3. The lowest BCUT2D eigenvalue weighted by molar-refractivity contribution is -0.151. The molecule has 0 bridgehead atoms. The topological polar surface area (TPSA) is 107 Å². The highest BCUT2D eigenvalue weighted by atomic mass is 32.2. The molecule has 0 aliphatic heterocycles. The zero-order chi connectivity index (χ0) is 22.3. The predicted molar refractivity (Wildman–Crippen MR) is 122 cm³/mol. The standard InChI is InChI=1S/C19H29B3O7S/c20-9-12-7-15(10-21)17(16(8-12)11-22)29-19(24)14-3-1-13(2-4-14)18(23)28-5-6-30(25,26)27/h7-8,13-14H,1-6,9-11,20-22H2,(H,25,26,27). The summed E-state index contributed by atoms with van der Waals surface area (Å²) in [6.07, 6.45) is 4.51. The Kier molecular flexibility index (Phi) is 9.03. The highest BCUT2D eigenvalue weighted by Gasteiger charge is 2.32. The highest BCUT2D eigenvalue weighted by molar-refractivity contribution is 7.85. The van der Waals surface area contributed by atoms with Gasteiger partial charge in [0.25, 0.3) is 10.1 Å². The Balaban J connectivity index is 1.94. The molecule has 7 nitrogen and oxygen atoms in total. The molecule has 2 rings (SSSR count). The zero-order valence-electron chi connectivity index (χ0n) is 18.0. The zero-order valence-corrected chi connectivity index (χ0v) is 18.8. The molecule has 11 heteroatoms. The Morgan fingerprint density at radius 2 is 1.43 bits per heavy atom. The molecule has 0 saturated heterocycles. The largest absolute Gasteiger partial charge is 0.464 e. The van der Waals surface area contributed by atoms with Crippen LogP contribution in [0.3, 0.4) is 0 Å². The fraction of sp³-hybridized carbons (Fsp3) is 0.579. The van der Waals surface area contributed by atoms with Crippen molar-refractivity contribution in [1.29, 1.82) is 0 Å². The van der Waals surface area contributed by atoms with Crippen molar-refractivity contribution in [3.8, 4) is 5.75 Å². The van der Waals surface area contributed by atoms with E-state index in [1.807, 2.05) is 15.7 Å². The van der Waals surface area contributed by atoms with Gasteiger partial charge in [0.1, 0.15) is 41.6 Å². The maximum Gasteiger partial charge on any atom is 0.314 e. The first-order chi connectivity index (χ1) is 14.2. The monoisotopic (exact) mass is 434 g/mol. The van der Waals surface area contributed by atoms with E-state index in [1.165, 1.54) is 5.56 Å². The summed E-state index contributed by atoms with van der Waals surface area (Å²) in [4.78, 5) is 24.8. The van der Waals surface area contributed by atoms with E-state index < -0.39 is 21.8 Å². The lowest BCUT2D eigenvalue weighted by Crippen LogP contribution is -2.30. The van der Waals surface area contributed by atoms with Crippen LogP contribution < -0.4 is 4.74 Å². The van der Waals surface area contributed by atoms with Gasteiger partial charge in [-0.1, -0.05) is 36.7 Å². The molecule has 1 saturated carbocycles. The van der Waals surface area contributed by atoms with Crippen LogP contribution in [0.25, 0.3) is 0 Å². The third-order valence-electron chi connectivity index (χ3n) is 5.65. The maximum absolute atomic E-state index is 12.8. The maximum atomic E-state index is 12.8. The van der Waals surface area contributed by atoms with Crippen LogP contribution in [-0.4, -0.2) is 60.8 Å². The van der Waals surface area contributed by atoms with Crippen LogP contribution in [0.4, 0.5) is 0 Å². The molecule has 1 aromatic rings. The van der Waals surface area contributed by atoms with Crippen molar-refractivity contribution in [2.24, 2.45) is 11.8 Å². The molecular weight excluding hydrogens is 405 g/mol. The Labute approximate surface area is 181 Å². The molecule has 1 fully saturated rings. The quantitative estimate of drug-likeness (QED) is 0.236. The minimum atomic E-state index is -4.15. The Bertz CT molecular complexity index is 840. The van der Waals surface area contributed by atoms with Crippen molar-refractivity contribution in [2.45, 2.75) is 44.6 Å². The first kappa shape index (κ1) is 24.5. The van der Waals surface area contributed by atoms with Gasteiger partial charge in [0.15, 0.2) is 0 Å². The van der Waals surface area contributed by atoms with Crippen LogP contribution in [0.5, 0.6) is 5.75 Å².